The molecule has 0 spiro atoms. The molecular weight excluding hydrogens is 358 g/mol. The van der Waals surface area contributed by atoms with Crippen LogP contribution < -0.4 is 10.2 Å². The maximum atomic E-state index is 12.1. The van der Waals surface area contributed by atoms with Gasteiger partial charge in [0, 0.05) is 17.2 Å². The molecule has 0 radical (unpaired) electrons. The third-order valence-corrected chi connectivity index (χ3v) is 3.87. The van der Waals surface area contributed by atoms with Gasteiger partial charge in [-0.25, -0.2) is 5.43 Å². The lowest BCUT2D eigenvalue weighted by molar-refractivity contribution is -0.384. The number of carbonyl (C=O) groups excluding carboxylic acids is 1. The zero-order chi connectivity index (χ0) is 19.3. The molecule has 0 aromatic heterocycles. The fourth-order valence-corrected chi connectivity index (χ4v) is 2.33. The fraction of sp³-hybridized carbons (Fsp3) is 0.222. The quantitative estimate of drug-likeness (QED) is 0.471. The van der Waals surface area contributed by atoms with Crippen LogP contribution in [-0.4, -0.2) is 22.6 Å². The van der Waals surface area contributed by atoms with Crippen molar-refractivity contribution in [1.29, 1.82) is 0 Å². The second-order valence-electron chi connectivity index (χ2n) is 5.65. The summed E-state index contributed by atoms with van der Waals surface area (Å²) in [6.45, 7) is 5.14. The Hall–Kier alpha value is -2.93. The van der Waals surface area contributed by atoms with E-state index in [2.05, 4.69) is 10.5 Å². The predicted octanol–water partition coefficient (Wildman–Crippen LogP) is 3.86. The van der Waals surface area contributed by atoms with Gasteiger partial charge < -0.3 is 4.74 Å². The number of hydrogen-bond donors (Lipinski definition) is 1. The fourth-order valence-electron chi connectivity index (χ4n) is 2.11. The molecule has 0 fully saturated rings. The molecule has 1 N–H and O–H groups in total. The molecule has 2 aromatic carbocycles. The third kappa shape index (κ3) is 5.03. The van der Waals surface area contributed by atoms with Gasteiger partial charge >= 0.3 is 0 Å². The molecule has 1 unspecified atom stereocenters. The Kier molecular flexibility index (Phi) is 6.30. The summed E-state index contributed by atoms with van der Waals surface area (Å²) in [7, 11) is 0. The number of aryl methyl sites for hydroxylation is 1. The Morgan fingerprint density at radius 3 is 2.50 bits per heavy atom. The summed E-state index contributed by atoms with van der Waals surface area (Å²) in [5.41, 5.74) is 4.43. The number of carbonyl (C=O) groups is 1. The smallest absolute Gasteiger partial charge is 0.280 e. The molecule has 1 atom stereocenters. The highest BCUT2D eigenvalue weighted by atomic mass is 35.5. The number of benzene rings is 2. The van der Waals surface area contributed by atoms with Gasteiger partial charge in [0.1, 0.15) is 5.75 Å². The number of hydrogen-bond acceptors (Lipinski definition) is 5. The first-order valence-electron chi connectivity index (χ1n) is 7.79. The predicted molar refractivity (Wildman–Crippen MR) is 99.7 cm³/mol. The van der Waals surface area contributed by atoms with Crippen LogP contribution in [0.5, 0.6) is 5.75 Å². The maximum absolute atomic E-state index is 12.1. The molecule has 0 heterocycles. The van der Waals surface area contributed by atoms with E-state index < -0.39 is 16.9 Å². The van der Waals surface area contributed by atoms with Gasteiger partial charge in [0.25, 0.3) is 11.6 Å². The summed E-state index contributed by atoms with van der Waals surface area (Å²) in [4.78, 5) is 22.3. The lowest BCUT2D eigenvalue weighted by Crippen LogP contribution is -2.34. The third-order valence-electron chi connectivity index (χ3n) is 3.64. The molecule has 7 nitrogen and oxygen atoms in total. The number of rotatable bonds is 6. The minimum atomic E-state index is -0.761. The van der Waals surface area contributed by atoms with E-state index in [9.17, 15) is 14.9 Å². The summed E-state index contributed by atoms with van der Waals surface area (Å²) in [6.07, 6.45) is -0.761. The van der Waals surface area contributed by atoms with E-state index in [0.717, 1.165) is 5.56 Å². The van der Waals surface area contributed by atoms with E-state index in [-0.39, 0.29) is 5.69 Å². The van der Waals surface area contributed by atoms with Crippen LogP contribution in [0.4, 0.5) is 5.69 Å². The van der Waals surface area contributed by atoms with Crippen molar-refractivity contribution in [3.8, 4) is 5.75 Å². The summed E-state index contributed by atoms with van der Waals surface area (Å²) >= 11 is 5.90. The average Bonchev–Trinajstić information content (AvgIpc) is 2.61. The second-order valence-corrected chi connectivity index (χ2v) is 6.08. The second kappa shape index (κ2) is 8.44. The van der Waals surface area contributed by atoms with Crippen LogP contribution in [0.1, 0.15) is 25.0 Å². The summed E-state index contributed by atoms with van der Waals surface area (Å²) in [5.74, 6) is 0.147. The minimum absolute atomic E-state index is 0.00839. The van der Waals surface area contributed by atoms with Gasteiger partial charge in [0.05, 0.1) is 10.6 Å². The molecule has 0 saturated heterocycles. The summed E-state index contributed by atoms with van der Waals surface area (Å²) in [5, 5.41) is 15.3. The van der Waals surface area contributed by atoms with Gasteiger partial charge in [0.15, 0.2) is 6.10 Å². The SMILES string of the molecule is C/C(=N\NC(=O)C(C)Oc1ccc(Cl)cc1C)c1ccc([N+](=O)[O-])cc1. The van der Waals surface area contributed by atoms with Gasteiger partial charge in [-0.05, 0) is 62.2 Å². The van der Waals surface area contributed by atoms with E-state index >= 15 is 0 Å². The first kappa shape index (κ1) is 19.4. The molecule has 2 aromatic rings. The Morgan fingerprint density at radius 1 is 1.27 bits per heavy atom. The van der Waals surface area contributed by atoms with E-state index in [1.54, 1.807) is 44.2 Å². The normalized spacial score (nSPS) is 12.4. The van der Waals surface area contributed by atoms with Crippen molar-refractivity contribution in [2.45, 2.75) is 26.9 Å². The summed E-state index contributed by atoms with van der Waals surface area (Å²) in [6, 6.07) is 11.0. The Labute approximate surface area is 155 Å². The van der Waals surface area contributed by atoms with Crippen molar-refractivity contribution < 1.29 is 14.5 Å². The molecule has 2 rings (SSSR count). The highest BCUT2D eigenvalue weighted by molar-refractivity contribution is 6.30. The number of hydrazone groups is 1. The highest BCUT2D eigenvalue weighted by Gasteiger charge is 2.15. The number of nitrogens with one attached hydrogen (secondary N) is 1. The molecule has 1 amide bonds. The first-order chi connectivity index (χ1) is 12.3. The molecule has 0 aliphatic rings. The number of nitro benzene ring substituents is 1. The van der Waals surface area contributed by atoms with Gasteiger partial charge in [0.2, 0.25) is 0 Å². The van der Waals surface area contributed by atoms with Gasteiger partial charge in [-0.2, -0.15) is 5.10 Å². The van der Waals surface area contributed by atoms with Crippen molar-refractivity contribution in [1.82, 2.24) is 5.43 Å². The molecular formula is C18H18ClN3O4. The zero-order valence-electron chi connectivity index (χ0n) is 14.5. The van der Waals surface area contributed by atoms with Crippen molar-refractivity contribution in [2.75, 3.05) is 0 Å². The number of nitrogens with zero attached hydrogens (tertiary/aromatic N) is 2. The Bertz CT molecular complexity index is 850. The Balaban J connectivity index is 1.99. The van der Waals surface area contributed by atoms with Crippen LogP contribution in [0, 0.1) is 17.0 Å². The first-order valence-corrected chi connectivity index (χ1v) is 8.17. The van der Waals surface area contributed by atoms with Crippen LogP contribution in [0.15, 0.2) is 47.6 Å². The van der Waals surface area contributed by atoms with Crippen LogP contribution in [0.2, 0.25) is 5.02 Å². The topological polar surface area (TPSA) is 93.8 Å². The van der Waals surface area contributed by atoms with Crippen LogP contribution in [-0.2, 0) is 4.79 Å². The molecule has 0 aliphatic heterocycles. The Morgan fingerprint density at radius 2 is 1.92 bits per heavy atom. The van der Waals surface area contributed by atoms with Crippen molar-refractivity contribution in [2.24, 2.45) is 5.10 Å². The number of amides is 1. The van der Waals surface area contributed by atoms with Gasteiger partial charge in [-0.3, -0.25) is 14.9 Å². The number of non-ortho nitro benzene ring substituents is 1. The monoisotopic (exact) mass is 375 g/mol. The van der Waals surface area contributed by atoms with E-state index in [0.29, 0.717) is 22.0 Å². The molecule has 8 heteroatoms. The van der Waals surface area contributed by atoms with Crippen molar-refractivity contribution in [3.63, 3.8) is 0 Å². The van der Waals surface area contributed by atoms with Crippen molar-refractivity contribution >= 4 is 28.9 Å². The lowest BCUT2D eigenvalue weighted by Gasteiger charge is -2.15. The van der Waals surface area contributed by atoms with Crippen LogP contribution >= 0.6 is 11.6 Å². The van der Waals surface area contributed by atoms with E-state index in [1.807, 2.05) is 6.92 Å². The van der Waals surface area contributed by atoms with E-state index in [1.165, 1.54) is 12.1 Å². The van der Waals surface area contributed by atoms with Crippen LogP contribution in [0.25, 0.3) is 0 Å². The zero-order valence-corrected chi connectivity index (χ0v) is 15.3. The largest absolute Gasteiger partial charge is 0.481 e. The van der Waals surface area contributed by atoms with Gasteiger partial charge in [-0.15, -0.1) is 0 Å². The molecule has 26 heavy (non-hydrogen) atoms. The molecule has 0 bridgehead atoms. The number of nitro groups is 1. The number of halogens is 1. The van der Waals surface area contributed by atoms with Crippen molar-refractivity contribution in [3.05, 3.63) is 68.7 Å². The highest BCUT2D eigenvalue weighted by Crippen LogP contribution is 2.22. The average molecular weight is 376 g/mol. The van der Waals surface area contributed by atoms with Crippen LogP contribution in [0.3, 0.4) is 0 Å². The lowest BCUT2D eigenvalue weighted by atomic mass is 10.1. The minimum Gasteiger partial charge on any atom is -0.481 e. The molecule has 136 valence electrons. The number of ether oxygens (including phenoxy) is 1. The molecule has 0 saturated carbocycles. The van der Waals surface area contributed by atoms with E-state index in [4.69, 9.17) is 16.3 Å². The summed E-state index contributed by atoms with van der Waals surface area (Å²) < 4.78 is 5.63. The standard InChI is InChI=1S/C18H18ClN3O4/c1-11-10-15(19)6-9-17(11)26-13(3)18(23)21-20-12(2)14-4-7-16(8-5-14)22(24)25/h4-10,13H,1-3H3,(H,21,23)/b20-12+. The maximum Gasteiger partial charge on any atom is 0.280 e. The molecule has 0 aliphatic carbocycles. The van der Waals surface area contributed by atoms with Gasteiger partial charge in [-0.1, -0.05) is 11.6 Å².